The summed E-state index contributed by atoms with van der Waals surface area (Å²) in [6, 6.07) is 25.6. The zero-order valence-electron chi connectivity index (χ0n) is 16.7. The van der Waals surface area contributed by atoms with Crippen LogP contribution in [0.25, 0.3) is 10.8 Å². The molecule has 31 heavy (non-hydrogen) atoms. The second kappa shape index (κ2) is 8.49. The van der Waals surface area contributed by atoms with Crippen LogP contribution in [0.4, 0.5) is 11.4 Å². The minimum Gasteiger partial charge on any atom is -0.497 e. The molecule has 0 aliphatic heterocycles. The summed E-state index contributed by atoms with van der Waals surface area (Å²) in [5, 5.41) is 4.01. The van der Waals surface area contributed by atoms with Crippen molar-refractivity contribution in [3.8, 4) is 5.75 Å². The third kappa shape index (κ3) is 4.36. The highest BCUT2D eigenvalue weighted by Gasteiger charge is 2.19. The van der Waals surface area contributed by atoms with Crippen molar-refractivity contribution in [3.05, 3.63) is 96.6 Å². The van der Waals surface area contributed by atoms with Crippen molar-refractivity contribution in [2.75, 3.05) is 17.1 Å². The Kier molecular flexibility index (Phi) is 5.60. The third-order valence-corrected chi connectivity index (χ3v) is 6.24. The molecular weight excluding hydrogens is 412 g/mol. The van der Waals surface area contributed by atoms with Gasteiger partial charge >= 0.3 is 0 Å². The van der Waals surface area contributed by atoms with E-state index in [1.165, 1.54) is 6.07 Å². The zero-order valence-corrected chi connectivity index (χ0v) is 17.5. The molecule has 0 saturated heterocycles. The zero-order chi connectivity index (χ0) is 21.8. The quantitative estimate of drug-likeness (QED) is 0.454. The molecule has 156 valence electrons. The number of sulfonamides is 1. The van der Waals surface area contributed by atoms with Gasteiger partial charge in [-0.25, -0.2) is 8.42 Å². The molecule has 0 heterocycles. The Labute approximate surface area is 180 Å². The van der Waals surface area contributed by atoms with E-state index in [-0.39, 0.29) is 10.8 Å². The molecule has 7 heteroatoms. The minimum absolute atomic E-state index is 0.122. The first kappa shape index (κ1) is 20.4. The summed E-state index contributed by atoms with van der Waals surface area (Å²) in [6.07, 6.45) is 0. The van der Waals surface area contributed by atoms with Crippen LogP contribution in [0.3, 0.4) is 0 Å². The molecular formula is C24H20N2O4S. The standard InChI is InChI=1S/C24H20N2O4S/c1-30-19-15-13-18(14-16-19)26-31(28,29)23-12-6-9-20-21(23)10-5-11-22(20)25-24(27)17-7-3-2-4-8-17/h2-16,26H,1H3,(H,25,27). The summed E-state index contributed by atoms with van der Waals surface area (Å²) in [4.78, 5) is 12.7. The van der Waals surface area contributed by atoms with E-state index in [1.54, 1.807) is 86.0 Å². The van der Waals surface area contributed by atoms with Crippen molar-refractivity contribution in [1.29, 1.82) is 0 Å². The van der Waals surface area contributed by atoms with Gasteiger partial charge in [-0.15, -0.1) is 0 Å². The topological polar surface area (TPSA) is 84.5 Å². The number of fused-ring (bicyclic) bond motifs is 1. The summed E-state index contributed by atoms with van der Waals surface area (Å²) in [7, 11) is -2.32. The maximum Gasteiger partial charge on any atom is 0.262 e. The van der Waals surface area contributed by atoms with Gasteiger partial charge in [0.2, 0.25) is 0 Å². The monoisotopic (exact) mass is 432 g/mol. The molecule has 0 aliphatic carbocycles. The molecule has 1 amide bonds. The Hall–Kier alpha value is -3.84. The Morgan fingerprint density at radius 2 is 1.45 bits per heavy atom. The minimum atomic E-state index is -3.86. The molecule has 0 fully saturated rings. The molecule has 4 rings (SSSR count). The van der Waals surface area contributed by atoms with Crippen LogP contribution in [0.5, 0.6) is 5.75 Å². The van der Waals surface area contributed by atoms with E-state index in [4.69, 9.17) is 4.74 Å². The number of ether oxygens (including phenoxy) is 1. The van der Waals surface area contributed by atoms with Crippen molar-refractivity contribution < 1.29 is 17.9 Å². The average molecular weight is 433 g/mol. The van der Waals surface area contributed by atoms with E-state index in [2.05, 4.69) is 10.0 Å². The Bertz CT molecular complexity index is 1340. The van der Waals surface area contributed by atoms with Crippen LogP contribution in [0.1, 0.15) is 10.4 Å². The van der Waals surface area contributed by atoms with Gasteiger partial charge in [0.15, 0.2) is 0 Å². The number of methoxy groups -OCH3 is 1. The van der Waals surface area contributed by atoms with E-state index in [1.807, 2.05) is 6.07 Å². The molecule has 0 bridgehead atoms. The van der Waals surface area contributed by atoms with Gasteiger partial charge in [0, 0.05) is 27.7 Å². The van der Waals surface area contributed by atoms with Crippen LogP contribution in [0.15, 0.2) is 95.9 Å². The lowest BCUT2D eigenvalue weighted by atomic mass is 10.1. The Morgan fingerprint density at radius 3 is 2.16 bits per heavy atom. The average Bonchev–Trinajstić information content (AvgIpc) is 2.79. The third-order valence-electron chi connectivity index (χ3n) is 4.80. The van der Waals surface area contributed by atoms with E-state index in [0.29, 0.717) is 33.5 Å². The molecule has 4 aromatic rings. The smallest absolute Gasteiger partial charge is 0.262 e. The highest BCUT2D eigenvalue weighted by atomic mass is 32.2. The highest BCUT2D eigenvalue weighted by molar-refractivity contribution is 7.93. The van der Waals surface area contributed by atoms with Gasteiger partial charge in [0.05, 0.1) is 12.0 Å². The number of carbonyl (C=O) groups is 1. The molecule has 4 aromatic carbocycles. The van der Waals surface area contributed by atoms with Crippen molar-refractivity contribution in [2.24, 2.45) is 0 Å². The maximum absolute atomic E-state index is 13.1. The van der Waals surface area contributed by atoms with Crippen molar-refractivity contribution in [3.63, 3.8) is 0 Å². The van der Waals surface area contributed by atoms with Crippen LogP contribution in [-0.2, 0) is 10.0 Å². The first-order valence-corrected chi connectivity index (χ1v) is 11.0. The summed E-state index contributed by atoms with van der Waals surface area (Å²) >= 11 is 0. The van der Waals surface area contributed by atoms with Gasteiger partial charge in [-0.3, -0.25) is 9.52 Å². The van der Waals surface area contributed by atoms with E-state index >= 15 is 0 Å². The number of benzene rings is 4. The lowest BCUT2D eigenvalue weighted by Crippen LogP contribution is -2.14. The summed E-state index contributed by atoms with van der Waals surface area (Å²) in [5.41, 5.74) is 1.48. The second-order valence-electron chi connectivity index (χ2n) is 6.81. The molecule has 0 atom stereocenters. The van der Waals surface area contributed by atoms with Gasteiger partial charge in [-0.2, -0.15) is 0 Å². The molecule has 0 unspecified atom stereocenters. The summed E-state index contributed by atoms with van der Waals surface area (Å²) < 4.78 is 33.9. The van der Waals surface area contributed by atoms with Gasteiger partial charge in [-0.05, 0) is 48.5 Å². The van der Waals surface area contributed by atoms with Gasteiger partial charge in [0.25, 0.3) is 15.9 Å². The molecule has 0 radical (unpaired) electrons. The summed E-state index contributed by atoms with van der Waals surface area (Å²) in [5.74, 6) is 0.365. The molecule has 0 aromatic heterocycles. The van der Waals surface area contributed by atoms with E-state index in [9.17, 15) is 13.2 Å². The van der Waals surface area contributed by atoms with Gasteiger partial charge in [0.1, 0.15) is 5.75 Å². The lowest BCUT2D eigenvalue weighted by Gasteiger charge is -2.13. The number of amides is 1. The van der Waals surface area contributed by atoms with Crippen molar-refractivity contribution >= 4 is 38.1 Å². The molecule has 6 nitrogen and oxygen atoms in total. The van der Waals surface area contributed by atoms with Gasteiger partial charge in [-0.1, -0.05) is 42.5 Å². The predicted molar refractivity (Wildman–Crippen MR) is 122 cm³/mol. The van der Waals surface area contributed by atoms with E-state index < -0.39 is 10.0 Å². The fourth-order valence-electron chi connectivity index (χ4n) is 3.28. The highest BCUT2D eigenvalue weighted by Crippen LogP contribution is 2.30. The Morgan fingerprint density at radius 1 is 0.774 bits per heavy atom. The number of hydrogen-bond donors (Lipinski definition) is 2. The molecule has 0 aliphatic rings. The number of hydrogen-bond acceptors (Lipinski definition) is 4. The molecule has 0 spiro atoms. The summed E-state index contributed by atoms with van der Waals surface area (Å²) in [6.45, 7) is 0. The van der Waals surface area contributed by atoms with Crippen LogP contribution in [-0.4, -0.2) is 21.4 Å². The fraction of sp³-hybridized carbons (Fsp3) is 0.0417. The second-order valence-corrected chi connectivity index (χ2v) is 8.46. The lowest BCUT2D eigenvalue weighted by molar-refractivity contribution is 0.102. The van der Waals surface area contributed by atoms with Crippen LogP contribution >= 0.6 is 0 Å². The molecule has 2 N–H and O–H groups in total. The number of carbonyl (C=O) groups excluding carboxylic acids is 1. The molecule has 0 saturated carbocycles. The van der Waals surface area contributed by atoms with Gasteiger partial charge < -0.3 is 10.1 Å². The number of rotatable bonds is 6. The number of nitrogens with one attached hydrogen (secondary N) is 2. The van der Waals surface area contributed by atoms with Crippen LogP contribution < -0.4 is 14.8 Å². The largest absolute Gasteiger partial charge is 0.497 e. The normalized spacial score (nSPS) is 11.1. The first-order chi connectivity index (χ1) is 15.0. The van der Waals surface area contributed by atoms with E-state index in [0.717, 1.165) is 0 Å². The fourth-order valence-corrected chi connectivity index (χ4v) is 4.56. The van der Waals surface area contributed by atoms with Crippen LogP contribution in [0, 0.1) is 0 Å². The first-order valence-electron chi connectivity index (χ1n) is 9.53. The SMILES string of the molecule is COc1ccc(NS(=O)(=O)c2cccc3c(NC(=O)c4ccccc4)cccc23)cc1. The Balaban J connectivity index is 1.69. The number of anilines is 2. The van der Waals surface area contributed by atoms with Crippen molar-refractivity contribution in [2.45, 2.75) is 4.90 Å². The predicted octanol–water partition coefficient (Wildman–Crippen LogP) is 4.90. The maximum atomic E-state index is 13.1. The van der Waals surface area contributed by atoms with Crippen molar-refractivity contribution in [1.82, 2.24) is 0 Å². The van der Waals surface area contributed by atoms with Crippen LogP contribution in [0.2, 0.25) is 0 Å².